The van der Waals surface area contributed by atoms with E-state index in [0.29, 0.717) is 0 Å². The Kier molecular flexibility index (Phi) is 2.37. The van der Waals surface area contributed by atoms with Crippen LogP contribution in [0.5, 0.6) is 0 Å². The Labute approximate surface area is 56.7 Å². The summed E-state index contributed by atoms with van der Waals surface area (Å²) in [5.74, 6) is 0. The molecule has 1 fully saturated rings. The number of allylic oxidation sites excluding steroid dienone is 2. The number of hydrogen-bond donors (Lipinski definition) is 0. The second kappa shape index (κ2) is 3.33. The lowest BCUT2D eigenvalue weighted by Gasteiger charge is -2.08. The fourth-order valence-electron chi connectivity index (χ4n) is 1.07. The van der Waals surface area contributed by atoms with E-state index in [-0.39, 0.29) is 0 Å². The maximum absolute atomic E-state index is 3.61. The molecule has 0 atom stereocenters. The highest BCUT2D eigenvalue weighted by Crippen LogP contribution is 2.06. The minimum Gasteiger partial charge on any atom is -0.377 e. The third kappa shape index (κ3) is 1.92. The predicted molar refractivity (Wildman–Crippen MR) is 40.1 cm³/mol. The van der Waals surface area contributed by atoms with Crippen LogP contribution in [0, 0.1) is 0 Å². The van der Waals surface area contributed by atoms with Gasteiger partial charge in [-0.3, -0.25) is 0 Å². The summed E-state index contributed by atoms with van der Waals surface area (Å²) in [7, 11) is 0. The SMILES string of the molecule is C=C/C=C/N1CCCC1. The van der Waals surface area contributed by atoms with Gasteiger partial charge in [-0.2, -0.15) is 0 Å². The molecule has 9 heavy (non-hydrogen) atoms. The van der Waals surface area contributed by atoms with Crippen LogP contribution in [0.2, 0.25) is 0 Å². The van der Waals surface area contributed by atoms with Crippen molar-refractivity contribution in [2.45, 2.75) is 12.8 Å². The molecular weight excluding hydrogens is 110 g/mol. The summed E-state index contributed by atoms with van der Waals surface area (Å²) in [5, 5.41) is 0. The molecule has 1 nitrogen and oxygen atoms in total. The highest BCUT2D eigenvalue weighted by Gasteiger charge is 2.04. The number of rotatable bonds is 2. The first kappa shape index (κ1) is 6.40. The minimum atomic E-state index is 1.23. The molecule has 1 heteroatoms. The van der Waals surface area contributed by atoms with Crippen molar-refractivity contribution in [3.8, 4) is 0 Å². The summed E-state index contributed by atoms with van der Waals surface area (Å²) in [5.41, 5.74) is 0. The van der Waals surface area contributed by atoms with Crippen molar-refractivity contribution in [1.29, 1.82) is 0 Å². The Balaban J connectivity index is 2.25. The van der Waals surface area contributed by atoms with Gasteiger partial charge in [0.2, 0.25) is 0 Å². The molecule has 0 amide bonds. The molecule has 1 saturated heterocycles. The second-order valence-corrected chi connectivity index (χ2v) is 2.32. The van der Waals surface area contributed by atoms with Crippen molar-refractivity contribution in [2.75, 3.05) is 13.1 Å². The van der Waals surface area contributed by atoms with Gasteiger partial charge in [0, 0.05) is 13.1 Å². The summed E-state index contributed by atoms with van der Waals surface area (Å²) in [4.78, 5) is 2.32. The molecule has 0 aliphatic carbocycles. The molecule has 0 N–H and O–H groups in total. The first-order valence-corrected chi connectivity index (χ1v) is 3.47. The van der Waals surface area contributed by atoms with Crippen LogP contribution in [0.4, 0.5) is 0 Å². The lowest BCUT2D eigenvalue weighted by Crippen LogP contribution is -2.09. The smallest absolute Gasteiger partial charge is 0.0173 e. The van der Waals surface area contributed by atoms with Gasteiger partial charge in [-0.1, -0.05) is 12.7 Å². The van der Waals surface area contributed by atoms with Crippen molar-refractivity contribution >= 4 is 0 Å². The molecule has 0 unspecified atom stereocenters. The van der Waals surface area contributed by atoms with Crippen molar-refractivity contribution in [2.24, 2.45) is 0 Å². The summed E-state index contributed by atoms with van der Waals surface area (Å²) in [6.07, 6.45) is 8.62. The number of nitrogens with zero attached hydrogens (tertiary/aromatic N) is 1. The Morgan fingerprint density at radius 1 is 1.22 bits per heavy atom. The van der Waals surface area contributed by atoms with E-state index < -0.39 is 0 Å². The van der Waals surface area contributed by atoms with Gasteiger partial charge in [-0.15, -0.1) is 0 Å². The Hall–Kier alpha value is -0.720. The van der Waals surface area contributed by atoms with Gasteiger partial charge in [0.05, 0.1) is 0 Å². The van der Waals surface area contributed by atoms with Crippen LogP contribution in [0.1, 0.15) is 12.8 Å². The summed E-state index contributed by atoms with van der Waals surface area (Å²) < 4.78 is 0. The molecule has 1 heterocycles. The molecule has 1 aliphatic rings. The van der Waals surface area contributed by atoms with Crippen molar-refractivity contribution in [1.82, 2.24) is 4.90 Å². The van der Waals surface area contributed by atoms with Crippen LogP contribution >= 0.6 is 0 Å². The molecule has 1 aliphatic heterocycles. The molecule has 0 aromatic carbocycles. The van der Waals surface area contributed by atoms with Crippen molar-refractivity contribution in [3.63, 3.8) is 0 Å². The van der Waals surface area contributed by atoms with E-state index in [4.69, 9.17) is 0 Å². The zero-order chi connectivity index (χ0) is 6.53. The monoisotopic (exact) mass is 123 g/mol. The first-order valence-electron chi connectivity index (χ1n) is 3.47. The molecule has 0 aromatic rings. The van der Waals surface area contributed by atoms with Gasteiger partial charge < -0.3 is 4.90 Å². The molecule has 50 valence electrons. The van der Waals surface area contributed by atoms with Gasteiger partial charge in [-0.05, 0) is 25.1 Å². The molecule has 0 spiro atoms. The van der Waals surface area contributed by atoms with Crippen LogP contribution in [0.15, 0.2) is 24.9 Å². The summed E-state index contributed by atoms with van der Waals surface area (Å²) >= 11 is 0. The highest BCUT2D eigenvalue weighted by molar-refractivity contribution is 4.97. The fourth-order valence-corrected chi connectivity index (χ4v) is 1.07. The topological polar surface area (TPSA) is 3.24 Å². The Morgan fingerprint density at radius 2 is 1.89 bits per heavy atom. The quantitative estimate of drug-likeness (QED) is 0.506. The second-order valence-electron chi connectivity index (χ2n) is 2.32. The number of likely N-dealkylation sites (tertiary alicyclic amines) is 1. The van der Waals surface area contributed by atoms with Crippen molar-refractivity contribution in [3.05, 3.63) is 24.9 Å². The lowest BCUT2D eigenvalue weighted by atomic mass is 10.4. The molecule has 0 saturated carbocycles. The number of hydrogen-bond acceptors (Lipinski definition) is 1. The van der Waals surface area contributed by atoms with Crippen LogP contribution in [0.25, 0.3) is 0 Å². The average Bonchev–Trinajstić information content (AvgIpc) is 2.34. The van der Waals surface area contributed by atoms with Crippen molar-refractivity contribution < 1.29 is 0 Å². The van der Waals surface area contributed by atoms with E-state index in [1.165, 1.54) is 25.9 Å². The van der Waals surface area contributed by atoms with E-state index in [2.05, 4.69) is 17.7 Å². The standard InChI is InChI=1S/C8H13N/c1-2-3-6-9-7-4-5-8-9/h2-3,6H,1,4-5,7-8H2/b6-3+. The van der Waals surface area contributed by atoms with Crippen LogP contribution in [-0.4, -0.2) is 18.0 Å². The van der Waals surface area contributed by atoms with Crippen LogP contribution < -0.4 is 0 Å². The highest BCUT2D eigenvalue weighted by atomic mass is 15.1. The van der Waals surface area contributed by atoms with E-state index in [1.807, 2.05) is 12.2 Å². The van der Waals surface area contributed by atoms with Crippen LogP contribution in [-0.2, 0) is 0 Å². The van der Waals surface area contributed by atoms with Gasteiger partial charge in [-0.25, -0.2) is 0 Å². The summed E-state index contributed by atoms with van der Waals surface area (Å²) in [6.45, 7) is 6.06. The molecule has 0 bridgehead atoms. The maximum atomic E-state index is 3.61. The van der Waals surface area contributed by atoms with Gasteiger partial charge in [0.25, 0.3) is 0 Å². The van der Waals surface area contributed by atoms with Gasteiger partial charge in [0.1, 0.15) is 0 Å². The molecule has 0 aromatic heterocycles. The Morgan fingerprint density at radius 3 is 2.44 bits per heavy atom. The largest absolute Gasteiger partial charge is 0.377 e. The zero-order valence-electron chi connectivity index (χ0n) is 5.71. The van der Waals surface area contributed by atoms with Gasteiger partial charge >= 0.3 is 0 Å². The third-order valence-corrected chi connectivity index (χ3v) is 1.57. The molecule has 1 rings (SSSR count). The maximum Gasteiger partial charge on any atom is 0.0173 e. The first-order chi connectivity index (χ1) is 4.43. The van der Waals surface area contributed by atoms with Gasteiger partial charge in [0.15, 0.2) is 0 Å². The normalized spacial score (nSPS) is 19.3. The zero-order valence-corrected chi connectivity index (χ0v) is 5.71. The van der Waals surface area contributed by atoms with E-state index in [9.17, 15) is 0 Å². The minimum absolute atomic E-state index is 1.23. The molecule has 0 radical (unpaired) electrons. The predicted octanol–water partition coefficient (Wildman–Crippen LogP) is 1.78. The van der Waals surface area contributed by atoms with E-state index >= 15 is 0 Å². The van der Waals surface area contributed by atoms with Crippen LogP contribution in [0.3, 0.4) is 0 Å². The fraction of sp³-hybridized carbons (Fsp3) is 0.500. The molecular formula is C8H13N. The van der Waals surface area contributed by atoms with E-state index in [0.717, 1.165) is 0 Å². The average molecular weight is 123 g/mol. The Bertz CT molecular complexity index is 110. The lowest BCUT2D eigenvalue weighted by molar-refractivity contribution is 0.468. The summed E-state index contributed by atoms with van der Waals surface area (Å²) in [6, 6.07) is 0. The van der Waals surface area contributed by atoms with E-state index in [1.54, 1.807) is 0 Å². The third-order valence-electron chi connectivity index (χ3n) is 1.57.